The highest BCUT2D eigenvalue weighted by molar-refractivity contribution is 6.24. The maximum atomic E-state index is 12.7. The van der Waals surface area contributed by atoms with Crippen LogP contribution < -0.4 is 11.1 Å². The molecular weight excluding hydrogens is 410 g/mol. The summed E-state index contributed by atoms with van der Waals surface area (Å²) in [5.74, 6) is -2.98. The molecule has 0 spiro atoms. The van der Waals surface area contributed by atoms with Gasteiger partial charge in [-0.3, -0.25) is 38.9 Å². The Labute approximate surface area is 172 Å². The van der Waals surface area contributed by atoms with Crippen molar-refractivity contribution in [2.45, 2.75) is 13.0 Å². The van der Waals surface area contributed by atoms with Crippen LogP contribution >= 0.6 is 0 Å². The molecule has 156 valence electrons. The van der Waals surface area contributed by atoms with Crippen LogP contribution in [0.1, 0.15) is 27.6 Å². The molecule has 0 radical (unpaired) electrons. The van der Waals surface area contributed by atoms with Crippen molar-refractivity contribution >= 4 is 29.1 Å². The van der Waals surface area contributed by atoms with Gasteiger partial charge in [-0.2, -0.15) is 0 Å². The fourth-order valence-electron chi connectivity index (χ4n) is 3.25. The molecule has 0 saturated heterocycles. The number of hydrogen-bond acceptors (Lipinski definition) is 8. The first kappa shape index (κ1) is 19.7. The first-order chi connectivity index (χ1) is 14.8. The van der Waals surface area contributed by atoms with E-state index in [-0.39, 0.29) is 17.0 Å². The third-order valence-electron chi connectivity index (χ3n) is 4.73. The molecule has 1 atom stereocenters. The molecule has 0 bridgehead atoms. The molecule has 4 rings (SSSR count). The highest BCUT2D eigenvalue weighted by atomic mass is 16.6. The van der Waals surface area contributed by atoms with Gasteiger partial charge in [0.2, 0.25) is 5.91 Å². The molecule has 2 N–H and O–H groups in total. The number of rotatable bonds is 5. The number of aromatic amines is 1. The maximum absolute atomic E-state index is 12.7. The first-order valence-electron chi connectivity index (χ1n) is 8.90. The van der Waals surface area contributed by atoms with Crippen LogP contribution in [0.25, 0.3) is 11.4 Å². The lowest BCUT2D eigenvalue weighted by Crippen LogP contribution is -2.45. The molecule has 1 aliphatic heterocycles. The lowest BCUT2D eigenvalue weighted by Gasteiger charge is -2.21. The van der Waals surface area contributed by atoms with E-state index in [1.165, 1.54) is 25.1 Å². The normalized spacial score (nSPS) is 13.8. The second kappa shape index (κ2) is 7.33. The van der Waals surface area contributed by atoms with Gasteiger partial charge >= 0.3 is 5.76 Å². The van der Waals surface area contributed by atoms with E-state index in [0.717, 1.165) is 6.07 Å². The number of H-pyrrole nitrogens is 1. The number of nitrogens with one attached hydrogen (secondary N) is 2. The topological polar surface area (TPSA) is 169 Å². The van der Waals surface area contributed by atoms with Crippen molar-refractivity contribution in [2.75, 3.05) is 5.32 Å². The lowest BCUT2D eigenvalue weighted by molar-refractivity contribution is -0.385. The van der Waals surface area contributed by atoms with E-state index in [9.17, 15) is 29.3 Å². The van der Waals surface area contributed by atoms with E-state index in [2.05, 4.69) is 20.0 Å². The van der Waals surface area contributed by atoms with Gasteiger partial charge in [-0.05, 0) is 25.1 Å². The Kier molecular flexibility index (Phi) is 4.66. The summed E-state index contributed by atoms with van der Waals surface area (Å²) in [5, 5.41) is 17.4. The van der Waals surface area contributed by atoms with Crippen LogP contribution in [0.3, 0.4) is 0 Å². The van der Waals surface area contributed by atoms with Crippen LogP contribution in [0.15, 0.2) is 51.8 Å². The smallest absolute Gasteiger partial charge is 0.324 e. The summed E-state index contributed by atoms with van der Waals surface area (Å²) in [6.45, 7) is 1.34. The fraction of sp³-hybridized carbons (Fsp3) is 0.105. The fourth-order valence-corrected chi connectivity index (χ4v) is 3.25. The predicted octanol–water partition coefficient (Wildman–Crippen LogP) is 1.56. The van der Waals surface area contributed by atoms with Crippen LogP contribution in [0, 0.1) is 10.1 Å². The number of benzene rings is 2. The Hall–Kier alpha value is -4.61. The Morgan fingerprint density at radius 1 is 1.19 bits per heavy atom. The van der Waals surface area contributed by atoms with Crippen LogP contribution in [0.4, 0.5) is 11.4 Å². The standard InChI is InChI=1S/C19H13N5O7/c1-9(23-17(26)12-6-3-7-13(24(29)30)14(12)18(23)27)16(25)20-11-5-2-4-10(8-11)15-21-19(28)31-22-15/h2-9H,1H3,(H,20,25)(H,21,22,28). The zero-order valence-corrected chi connectivity index (χ0v) is 15.8. The average molecular weight is 423 g/mol. The van der Waals surface area contributed by atoms with Crippen molar-refractivity contribution < 1.29 is 23.8 Å². The molecule has 1 unspecified atom stereocenters. The van der Waals surface area contributed by atoms with E-state index in [1.54, 1.807) is 18.2 Å². The molecule has 0 fully saturated rings. The lowest BCUT2D eigenvalue weighted by atomic mass is 10.1. The number of nitro groups is 1. The monoisotopic (exact) mass is 423 g/mol. The second-order valence-corrected chi connectivity index (χ2v) is 6.63. The summed E-state index contributed by atoms with van der Waals surface area (Å²) < 4.78 is 4.45. The van der Waals surface area contributed by atoms with E-state index >= 15 is 0 Å². The summed E-state index contributed by atoms with van der Waals surface area (Å²) in [4.78, 5) is 62.8. The van der Waals surface area contributed by atoms with E-state index in [4.69, 9.17) is 0 Å². The molecule has 1 aliphatic rings. The summed E-state index contributed by atoms with van der Waals surface area (Å²) in [5.41, 5.74) is -0.210. The summed E-state index contributed by atoms with van der Waals surface area (Å²) in [7, 11) is 0. The van der Waals surface area contributed by atoms with Crippen LogP contribution in [-0.2, 0) is 4.79 Å². The number of aromatic nitrogens is 2. The maximum Gasteiger partial charge on any atom is 0.439 e. The van der Waals surface area contributed by atoms with Crippen molar-refractivity contribution in [1.82, 2.24) is 15.0 Å². The quantitative estimate of drug-likeness (QED) is 0.354. The zero-order valence-electron chi connectivity index (χ0n) is 15.8. The van der Waals surface area contributed by atoms with Gasteiger partial charge in [-0.25, -0.2) is 4.79 Å². The highest BCUT2D eigenvalue weighted by Crippen LogP contribution is 2.32. The zero-order chi connectivity index (χ0) is 22.3. The van der Waals surface area contributed by atoms with Gasteiger partial charge in [-0.15, -0.1) is 0 Å². The summed E-state index contributed by atoms with van der Waals surface area (Å²) in [6.07, 6.45) is 0. The molecule has 12 heteroatoms. The predicted molar refractivity (Wildman–Crippen MR) is 104 cm³/mol. The van der Waals surface area contributed by atoms with Crippen molar-refractivity contribution in [2.24, 2.45) is 0 Å². The van der Waals surface area contributed by atoms with Crippen LogP contribution in [0.2, 0.25) is 0 Å². The van der Waals surface area contributed by atoms with E-state index in [0.29, 0.717) is 16.2 Å². The number of nitrogens with zero attached hydrogens (tertiary/aromatic N) is 3. The molecule has 2 aromatic carbocycles. The van der Waals surface area contributed by atoms with Gasteiger partial charge in [0.15, 0.2) is 5.82 Å². The minimum atomic E-state index is -1.25. The number of anilines is 1. The third kappa shape index (κ3) is 3.35. The molecular formula is C19H13N5O7. The van der Waals surface area contributed by atoms with E-state index in [1.807, 2.05) is 0 Å². The van der Waals surface area contributed by atoms with Crippen LogP contribution in [0.5, 0.6) is 0 Å². The molecule has 3 aromatic rings. The SMILES string of the molecule is CC(C(=O)Nc1cccc(-c2noc(=O)[nH]2)c1)N1C(=O)c2cccc([N+](=O)[O-])c2C1=O. The van der Waals surface area contributed by atoms with Crippen molar-refractivity contribution in [1.29, 1.82) is 0 Å². The molecule has 3 amide bonds. The number of imide groups is 1. The number of carbonyl (C=O) groups is 3. The highest BCUT2D eigenvalue weighted by Gasteiger charge is 2.44. The molecule has 0 aliphatic carbocycles. The Morgan fingerprint density at radius 2 is 1.94 bits per heavy atom. The minimum Gasteiger partial charge on any atom is -0.324 e. The van der Waals surface area contributed by atoms with Gasteiger partial charge in [0.1, 0.15) is 11.6 Å². The van der Waals surface area contributed by atoms with E-state index < -0.39 is 40.1 Å². The van der Waals surface area contributed by atoms with Gasteiger partial charge < -0.3 is 5.32 Å². The van der Waals surface area contributed by atoms with Crippen molar-refractivity contribution in [3.63, 3.8) is 0 Å². The Bertz CT molecular complexity index is 1310. The Morgan fingerprint density at radius 3 is 2.61 bits per heavy atom. The van der Waals surface area contributed by atoms with Gasteiger partial charge in [0, 0.05) is 17.3 Å². The summed E-state index contributed by atoms with van der Waals surface area (Å²) in [6, 6.07) is 8.75. The molecule has 2 heterocycles. The van der Waals surface area contributed by atoms with Gasteiger partial charge in [0.05, 0.1) is 10.5 Å². The number of amides is 3. The number of hydrogen-bond donors (Lipinski definition) is 2. The molecule has 1 aromatic heterocycles. The first-order valence-corrected chi connectivity index (χ1v) is 8.90. The number of fused-ring (bicyclic) bond motifs is 1. The van der Waals surface area contributed by atoms with Crippen molar-refractivity contribution in [3.8, 4) is 11.4 Å². The summed E-state index contributed by atoms with van der Waals surface area (Å²) >= 11 is 0. The van der Waals surface area contributed by atoms with Gasteiger partial charge in [0.25, 0.3) is 17.5 Å². The molecule has 0 saturated carbocycles. The van der Waals surface area contributed by atoms with Crippen molar-refractivity contribution in [3.05, 3.63) is 74.3 Å². The van der Waals surface area contributed by atoms with Crippen LogP contribution in [-0.4, -0.2) is 43.7 Å². The average Bonchev–Trinajstić information content (AvgIpc) is 3.29. The molecule has 12 nitrogen and oxygen atoms in total. The third-order valence-corrected chi connectivity index (χ3v) is 4.73. The second-order valence-electron chi connectivity index (χ2n) is 6.63. The molecule has 31 heavy (non-hydrogen) atoms. The number of nitro benzene ring substituents is 1. The van der Waals surface area contributed by atoms with Gasteiger partial charge in [-0.1, -0.05) is 23.4 Å². The largest absolute Gasteiger partial charge is 0.439 e. The Balaban J connectivity index is 1.57. The number of carbonyl (C=O) groups excluding carboxylic acids is 3. The minimum absolute atomic E-state index is 0.129.